The quantitative estimate of drug-likeness (QED) is 0.325. The highest BCUT2D eigenvalue weighted by atomic mass is 16.3. The number of hydrogen-bond donors (Lipinski definition) is 4. The molecular formula is C26H34N6O3. The van der Waals surface area contributed by atoms with Crippen molar-refractivity contribution in [2.45, 2.75) is 46.6 Å². The lowest BCUT2D eigenvalue weighted by Crippen LogP contribution is -2.30. The number of aliphatic imine (C=N–C) groups is 1. The van der Waals surface area contributed by atoms with Gasteiger partial charge >= 0.3 is 6.03 Å². The Labute approximate surface area is 206 Å². The molecule has 9 nitrogen and oxygen atoms in total. The summed E-state index contributed by atoms with van der Waals surface area (Å²) in [5.41, 5.74) is 1.57. The van der Waals surface area contributed by atoms with E-state index in [0.717, 1.165) is 0 Å². The second kappa shape index (κ2) is 11.5. The van der Waals surface area contributed by atoms with Crippen LogP contribution in [0.4, 0.5) is 27.5 Å². The standard InChI is InChI=1S/C26H34N6O3/c1-25(2,3)14-23(33)32(6)20-10-11-21(28-16-26(4,5)35)22(13-20)29-17-30-24(34)31-19-9-7-8-18(12-19)15-27/h7-13,17,28,35H,14,16H2,1-6H3,(H2,29,30,31,34). The van der Waals surface area contributed by atoms with Gasteiger partial charge in [0.05, 0.1) is 34.9 Å². The van der Waals surface area contributed by atoms with Gasteiger partial charge in [-0.15, -0.1) is 0 Å². The predicted octanol–water partition coefficient (Wildman–Crippen LogP) is 4.62. The van der Waals surface area contributed by atoms with Gasteiger partial charge in [0, 0.05) is 31.4 Å². The average Bonchev–Trinajstić information content (AvgIpc) is 2.76. The molecule has 2 aromatic carbocycles. The summed E-state index contributed by atoms with van der Waals surface area (Å²) in [6.45, 7) is 9.66. The van der Waals surface area contributed by atoms with Crippen LogP contribution in [-0.4, -0.2) is 42.6 Å². The van der Waals surface area contributed by atoms with E-state index in [-0.39, 0.29) is 17.9 Å². The summed E-state index contributed by atoms with van der Waals surface area (Å²) in [4.78, 5) is 30.9. The zero-order chi connectivity index (χ0) is 26.2. The maximum absolute atomic E-state index is 12.7. The summed E-state index contributed by atoms with van der Waals surface area (Å²) in [6.07, 6.45) is 1.63. The minimum absolute atomic E-state index is 0.0262. The second-order valence-electron chi connectivity index (χ2n) is 10.1. The van der Waals surface area contributed by atoms with Gasteiger partial charge in [0.25, 0.3) is 0 Å². The van der Waals surface area contributed by atoms with Gasteiger partial charge in [0.15, 0.2) is 0 Å². The Balaban J connectivity index is 2.20. The Morgan fingerprint density at radius 2 is 1.86 bits per heavy atom. The minimum Gasteiger partial charge on any atom is -0.389 e. The van der Waals surface area contributed by atoms with Crippen LogP contribution in [-0.2, 0) is 4.79 Å². The van der Waals surface area contributed by atoms with E-state index in [1.54, 1.807) is 68.3 Å². The molecule has 0 aromatic heterocycles. The molecule has 0 bridgehead atoms. The van der Waals surface area contributed by atoms with Gasteiger partial charge < -0.3 is 20.6 Å². The number of nitrogens with one attached hydrogen (secondary N) is 3. The molecule has 2 rings (SSSR count). The molecule has 4 N–H and O–H groups in total. The molecule has 2 aromatic rings. The molecule has 186 valence electrons. The molecule has 0 atom stereocenters. The van der Waals surface area contributed by atoms with Crippen molar-refractivity contribution in [1.82, 2.24) is 5.32 Å². The average molecular weight is 479 g/mol. The van der Waals surface area contributed by atoms with Crippen molar-refractivity contribution in [2.24, 2.45) is 10.4 Å². The molecule has 9 heteroatoms. The first kappa shape index (κ1) is 27.3. The number of nitrogens with zero attached hydrogens (tertiary/aromatic N) is 3. The van der Waals surface area contributed by atoms with Gasteiger partial charge in [0.2, 0.25) is 5.91 Å². The van der Waals surface area contributed by atoms with Gasteiger partial charge in [-0.3, -0.25) is 10.1 Å². The van der Waals surface area contributed by atoms with E-state index in [1.807, 2.05) is 26.8 Å². The van der Waals surface area contributed by atoms with Gasteiger partial charge in [-0.2, -0.15) is 5.26 Å². The molecule has 0 radical (unpaired) electrons. The zero-order valence-electron chi connectivity index (χ0n) is 21.1. The van der Waals surface area contributed by atoms with Crippen molar-refractivity contribution in [3.8, 4) is 6.07 Å². The summed E-state index contributed by atoms with van der Waals surface area (Å²) < 4.78 is 0. The van der Waals surface area contributed by atoms with Crippen LogP contribution in [0.5, 0.6) is 0 Å². The molecule has 0 saturated heterocycles. The Morgan fingerprint density at radius 1 is 1.14 bits per heavy atom. The van der Waals surface area contributed by atoms with E-state index in [1.165, 1.54) is 6.34 Å². The van der Waals surface area contributed by atoms with E-state index in [2.05, 4.69) is 20.9 Å². The minimum atomic E-state index is -0.949. The maximum Gasteiger partial charge on any atom is 0.324 e. The fraction of sp³-hybridized carbons (Fsp3) is 0.385. The highest BCUT2D eigenvalue weighted by molar-refractivity contribution is 5.97. The number of aliphatic hydroxyl groups is 1. The molecule has 3 amide bonds. The Kier molecular flexibility index (Phi) is 8.98. The third kappa shape index (κ3) is 9.47. The number of urea groups is 1. The molecule has 0 aliphatic carbocycles. The van der Waals surface area contributed by atoms with Crippen molar-refractivity contribution >= 4 is 41.0 Å². The maximum atomic E-state index is 12.7. The van der Waals surface area contributed by atoms with E-state index in [0.29, 0.717) is 34.7 Å². The van der Waals surface area contributed by atoms with Crippen LogP contribution < -0.4 is 20.9 Å². The van der Waals surface area contributed by atoms with Gasteiger partial charge in [-0.1, -0.05) is 26.8 Å². The van der Waals surface area contributed by atoms with Crippen molar-refractivity contribution in [2.75, 3.05) is 29.1 Å². The number of nitriles is 1. The highest BCUT2D eigenvalue weighted by Gasteiger charge is 2.21. The van der Waals surface area contributed by atoms with E-state index < -0.39 is 11.6 Å². The van der Waals surface area contributed by atoms with Gasteiger partial charge in [-0.05, 0) is 55.7 Å². The number of rotatable bonds is 8. The lowest BCUT2D eigenvalue weighted by molar-refractivity contribution is -0.120. The topological polar surface area (TPSA) is 130 Å². The lowest BCUT2D eigenvalue weighted by atomic mass is 9.91. The Hall–Kier alpha value is -3.90. The molecule has 0 unspecified atom stereocenters. The van der Waals surface area contributed by atoms with Crippen LogP contribution in [0.3, 0.4) is 0 Å². The molecule has 0 saturated carbocycles. The molecule has 0 heterocycles. The Morgan fingerprint density at radius 3 is 2.49 bits per heavy atom. The molecule has 0 aliphatic rings. The zero-order valence-corrected chi connectivity index (χ0v) is 21.1. The monoisotopic (exact) mass is 478 g/mol. The smallest absolute Gasteiger partial charge is 0.324 e. The third-order valence-corrected chi connectivity index (χ3v) is 4.78. The summed E-state index contributed by atoms with van der Waals surface area (Å²) in [5.74, 6) is -0.0262. The lowest BCUT2D eigenvalue weighted by Gasteiger charge is -2.24. The summed E-state index contributed by atoms with van der Waals surface area (Å²) in [5, 5.41) is 27.4. The molecule has 35 heavy (non-hydrogen) atoms. The fourth-order valence-corrected chi connectivity index (χ4v) is 3.01. The number of carbonyl (C=O) groups excluding carboxylic acids is 2. The van der Waals surface area contributed by atoms with Crippen LogP contribution in [0.25, 0.3) is 0 Å². The molecule has 0 aliphatic heterocycles. The van der Waals surface area contributed by atoms with Crippen molar-refractivity contribution in [1.29, 1.82) is 5.26 Å². The van der Waals surface area contributed by atoms with Crippen LogP contribution in [0.15, 0.2) is 47.5 Å². The van der Waals surface area contributed by atoms with Crippen molar-refractivity contribution in [3.63, 3.8) is 0 Å². The first-order chi connectivity index (χ1) is 16.3. The van der Waals surface area contributed by atoms with Crippen LogP contribution in [0.2, 0.25) is 0 Å². The fourth-order valence-electron chi connectivity index (χ4n) is 3.01. The van der Waals surface area contributed by atoms with Crippen molar-refractivity contribution < 1.29 is 14.7 Å². The van der Waals surface area contributed by atoms with E-state index >= 15 is 0 Å². The van der Waals surface area contributed by atoms with Gasteiger partial charge in [-0.25, -0.2) is 9.79 Å². The third-order valence-electron chi connectivity index (χ3n) is 4.78. The number of anilines is 3. The SMILES string of the molecule is CN(C(=O)CC(C)(C)C)c1ccc(NCC(C)(C)O)c(N=CNC(=O)Nc2cccc(C#N)c2)c1. The van der Waals surface area contributed by atoms with E-state index in [4.69, 9.17) is 5.26 Å². The second-order valence-corrected chi connectivity index (χ2v) is 10.1. The normalized spacial score (nSPS) is 11.6. The highest BCUT2D eigenvalue weighted by Crippen LogP contribution is 2.31. The summed E-state index contributed by atoms with van der Waals surface area (Å²) in [6, 6.07) is 13.4. The van der Waals surface area contributed by atoms with Crippen LogP contribution >= 0.6 is 0 Å². The first-order valence-electron chi connectivity index (χ1n) is 11.2. The van der Waals surface area contributed by atoms with Crippen LogP contribution in [0.1, 0.15) is 46.6 Å². The number of amides is 3. The first-order valence-corrected chi connectivity index (χ1v) is 11.2. The molecule has 0 fully saturated rings. The van der Waals surface area contributed by atoms with Crippen molar-refractivity contribution in [3.05, 3.63) is 48.0 Å². The van der Waals surface area contributed by atoms with E-state index in [9.17, 15) is 14.7 Å². The largest absolute Gasteiger partial charge is 0.389 e. The number of benzene rings is 2. The molecule has 0 spiro atoms. The van der Waals surface area contributed by atoms with Crippen LogP contribution in [0, 0.1) is 16.7 Å². The summed E-state index contributed by atoms with van der Waals surface area (Å²) >= 11 is 0. The van der Waals surface area contributed by atoms with Gasteiger partial charge in [0.1, 0.15) is 0 Å². The predicted molar refractivity (Wildman–Crippen MR) is 140 cm³/mol. The Bertz CT molecular complexity index is 1120. The molecular weight excluding hydrogens is 444 g/mol. The number of hydrogen-bond acceptors (Lipinski definition) is 6. The number of carbonyl (C=O) groups is 2. The summed E-state index contributed by atoms with van der Waals surface area (Å²) in [7, 11) is 1.71.